The highest BCUT2D eigenvalue weighted by Crippen LogP contribution is 2.43. The van der Waals surface area contributed by atoms with E-state index in [2.05, 4.69) is 10.2 Å². The van der Waals surface area contributed by atoms with Crippen molar-refractivity contribution in [3.63, 3.8) is 0 Å². The zero-order chi connectivity index (χ0) is 22.2. The van der Waals surface area contributed by atoms with E-state index in [1.807, 2.05) is 6.92 Å². The topological polar surface area (TPSA) is 180 Å². The van der Waals surface area contributed by atoms with Crippen molar-refractivity contribution in [3.05, 3.63) is 47.5 Å². The number of thiol groups is 1. The fourth-order valence-electron chi connectivity index (χ4n) is 2.96. The molecule has 0 radical (unpaired) electrons. The quantitative estimate of drug-likeness (QED) is 0.170. The van der Waals surface area contributed by atoms with Crippen molar-refractivity contribution in [2.75, 3.05) is 5.73 Å². The van der Waals surface area contributed by atoms with Crippen molar-refractivity contribution in [2.24, 2.45) is 10.2 Å². The predicted molar refractivity (Wildman–Crippen MR) is 110 cm³/mol. The Labute approximate surface area is 173 Å². The number of phenolic OH excluding ortho intramolecular Hbond substituents is 1. The Kier molecular flexibility index (Phi) is 5.76. The summed E-state index contributed by atoms with van der Waals surface area (Å²) in [7, 11) is -8.14. The van der Waals surface area contributed by atoms with Crippen molar-refractivity contribution < 1.29 is 31.6 Å². The highest BCUT2D eigenvalue weighted by Gasteiger charge is 2.23. The Morgan fingerprint density at radius 1 is 1.07 bits per heavy atom. The highest BCUT2D eigenvalue weighted by molar-refractivity contribution is 7.86. The zero-order valence-electron chi connectivity index (χ0n) is 15.5. The number of nitrogen functional groups attached to an aromatic ring is 1. The average Bonchev–Trinajstić information content (AvgIpc) is 2.66. The van der Waals surface area contributed by atoms with E-state index in [1.165, 1.54) is 12.1 Å². The average molecular weight is 451 g/mol. The van der Waals surface area contributed by atoms with E-state index in [9.17, 15) is 31.6 Å². The molecule has 3 rings (SSSR count). The number of hydrogen-bond acceptors (Lipinski definition) is 9. The third-order valence-electron chi connectivity index (χ3n) is 4.38. The van der Waals surface area contributed by atoms with Crippen LogP contribution in [0.2, 0.25) is 0 Å². The number of anilines is 1. The lowest BCUT2D eigenvalue weighted by atomic mass is 10.1. The number of hydrogen-bond donors (Lipinski definition) is 5. The van der Waals surface area contributed by atoms with Gasteiger partial charge in [0.2, 0.25) is 0 Å². The third-order valence-corrected chi connectivity index (χ3v) is 6.04. The number of aromatic hydroxyl groups is 1. The normalized spacial score (nSPS) is 12.3. The molecule has 0 unspecified atom stereocenters. The number of nitrogens with two attached hydrogens (primary N) is 1. The molecule has 0 aromatic heterocycles. The largest absolute Gasteiger partial charge is 0.505 e. The molecule has 30 heavy (non-hydrogen) atoms. The molecule has 5 N–H and O–H groups in total. The minimum atomic E-state index is -4.82. The summed E-state index contributed by atoms with van der Waals surface area (Å²) in [4.78, 5) is -1.29. The Bertz CT molecular complexity index is 1370. The minimum Gasteiger partial charge on any atom is -0.505 e. The monoisotopic (exact) mass is 451 g/mol. The molecule has 0 amide bonds. The van der Waals surface area contributed by atoms with Crippen LogP contribution < -0.4 is 5.73 Å². The molecule has 0 saturated heterocycles. The number of azo groups is 1. The first-order valence-corrected chi connectivity index (χ1v) is 11.0. The van der Waals surface area contributed by atoms with Gasteiger partial charge in [0.25, 0.3) is 10.1 Å². The van der Waals surface area contributed by atoms with E-state index in [1.54, 1.807) is 18.2 Å². The number of aliphatic hydroxyl groups excluding tert-OH is 1. The molecule has 0 heterocycles. The van der Waals surface area contributed by atoms with Crippen LogP contribution in [0.15, 0.2) is 56.4 Å². The molecule has 0 aliphatic heterocycles. The number of fused-ring (bicyclic) bond motifs is 1. The van der Waals surface area contributed by atoms with Crippen molar-refractivity contribution in [1.82, 2.24) is 0 Å². The van der Waals surface area contributed by atoms with Gasteiger partial charge < -0.3 is 15.9 Å². The van der Waals surface area contributed by atoms with E-state index >= 15 is 0 Å². The maximum atomic E-state index is 11.7. The van der Waals surface area contributed by atoms with Crippen LogP contribution in [0, 0.1) is 6.92 Å². The Balaban J connectivity index is 2.27. The van der Waals surface area contributed by atoms with Gasteiger partial charge in [-0.3, -0.25) is 4.55 Å². The molecule has 0 bridgehead atoms. The molecule has 3 aromatic rings. The number of rotatable bonds is 5. The number of aryl methyl sites for hydroxylation is 1. The van der Waals surface area contributed by atoms with Crippen LogP contribution in [0.3, 0.4) is 0 Å². The van der Waals surface area contributed by atoms with Gasteiger partial charge in [-0.05, 0) is 25.1 Å². The molecule has 0 spiro atoms. The van der Waals surface area contributed by atoms with Crippen LogP contribution >= 0.6 is 0 Å². The summed E-state index contributed by atoms with van der Waals surface area (Å²) in [6.45, 7) is 1.55. The fourth-order valence-corrected chi connectivity index (χ4v) is 4.30. The van der Waals surface area contributed by atoms with E-state index in [0.717, 1.165) is 11.6 Å². The van der Waals surface area contributed by atoms with Crippen LogP contribution in [0.1, 0.15) is 11.1 Å². The third kappa shape index (κ3) is 3.98. The maximum Gasteiger partial charge on any atom is 0.295 e. The molecular weight excluding hydrogens is 434 g/mol. The van der Waals surface area contributed by atoms with Gasteiger partial charge in [0.15, 0.2) is 16.5 Å². The van der Waals surface area contributed by atoms with Gasteiger partial charge in [-0.15, -0.1) is 5.11 Å². The van der Waals surface area contributed by atoms with Gasteiger partial charge in [0.05, 0.1) is 28.3 Å². The van der Waals surface area contributed by atoms with E-state index in [0.29, 0.717) is 11.3 Å². The smallest absolute Gasteiger partial charge is 0.295 e. The minimum absolute atomic E-state index is 0.127. The van der Waals surface area contributed by atoms with Gasteiger partial charge >= 0.3 is 0 Å². The van der Waals surface area contributed by atoms with Gasteiger partial charge in [0.1, 0.15) is 10.6 Å². The second kappa shape index (κ2) is 7.99. The Morgan fingerprint density at radius 2 is 1.70 bits per heavy atom. The fraction of sp³-hybridized carbons (Fsp3) is 0.111. The molecule has 0 aliphatic rings. The molecule has 12 heteroatoms. The number of nitrogens with zero attached hydrogens (tertiary/aromatic N) is 2. The van der Waals surface area contributed by atoms with Crippen molar-refractivity contribution in [2.45, 2.75) is 23.3 Å². The zero-order valence-corrected chi connectivity index (χ0v) is 17.2. The summed E-state index contributed by atoms with van der Waals surface area (Å²) in [5.74, 6) is -0.616. The SMILES string of the molecule is Cc1ccc(N=Nc2ccc3c(S(=O)(=O)O)cc([SH](=O)=O)c(N)c3c2O)c(CO)c1. The molecule has 0 fully saturated rings. The van der Waals surface area contributed by atoms with E-state index < -0.39 is 42.1 Å². The van der Waals surface area contributed by atoms with Crippen LogP contribution in [0.5, 0.6) is 5.75 Å². The molecule has 158 valence electrons. The lowest BCUT2D eigenvalue weighted by Gasteiger charge is -2.12. The lowest BCUT2D eigenvalue weighted by Crippen LogP contribution is -2.03. The standard InChI is InChI=1S/C18H17N3O7S2/c1-9-2-4-12(10(6-9)8-22)20-21-13-5-3-11-15(30(26,27)28)7-14(29(24)25)17(19)16(11)18(13)23/h2-7,22-23,29H,8,19H2,1H3,(H,26,27,28). The molecular formula is C18H17N3O7S2. The summed E-state index contributed by atoms with van der Waals surface area (Å²) in [5, 5.41) is 27.5. The summed E-state index contributed by atoms with van der Waals surface area (Å²) >= 11 is 0. The summed E-state index contributed by atoms with van der Waals surface area (Å²) in [5.41, 5.74) is 7.06. The predicted octanol–water partition coefficient (Wildman–Crippen LogP) is 2.56. The Hall–Kier alpha value is -3.06. The van der Waals surface area contributed by atoms with E-state index in [-0.39, 0.29) is 23.1 Å². The molecule has 10 nitrogen and oxygen atoms in total. The van der Waals surface area contributed by atoms with Gasteiger partial charge in [-0.1, -0.05) is 23.8 Å². The second-order valence-corrected chi connectivity index (χ2v) is 8.77. The van der Waals surface area contributed by atoms with Crippen LogP contribution in [0.25, 0.3) is 10.8 Å². The second-order valence-electron chi connectivity index (χ2n) is 6.39. The van der Waals surface area contributed by atoms with Gasteiger partial charge in [0, 0.05) is 10.9 Å². The number of aliphatic hydroxyl groups is 1. The lowest BCUT2D eigenvalue weighted by molar-refractivity contribution is 0.282. The Morgan fingerprint density at radius 3 is 2.30 bits per heavy atom. The summed E-state index contributed by atoms with van der Waals surface area (Å²) in [6, 6.07) is 8.25. The van der Waals surface area contributed by atoms with Crippen molar-refractivity contribution >= 4 is 48.7 Å². The van der Waals surface area contributed by atoms with E-state index in [4.69, 9.17) is 5.73 Å². The summed E-state index contributed by atoms with van der Waals surface area (Å²) in [6.07, 6.45) is 0. The molecule has 3 aromatic carbocycles. The number of benzene rings is 3. The first-order valence-electron chi connectivity index (χ1n) is 8.36. The first-order chi connectivity index (χ1) is 14.0. The maximum absolute atomic E-state index is 11.7. The summed E-state index contributed by atoms with van der Waals surface area (Å²) < 4.78 is 55.8. The number of phenols is 1. The van der Waals surface area contributed by atoms with Crippen LogP contribution in [-0.4, -0.2) is 31.6 Å². The van der Waals surface area contributed by atoms with Crippen molar-refractivity contribution in [1.29, 1.82) is 0 Å². The molecule has 0 atom stereocenters. The first kappa shape index (κ1) is 21.6. The molecule has 0 aliphatic carbocycles. The van der Waals surface area contributed by atoms with Crippen LogP contribution in [-0.2, 0) is 27.4 Å². The van der Waals surface area contributed by atoms with Crippen LogP contribution in [0.4, 0.5) is 17.1 Å². The van der Waals surface area contributed by atoms with Gasteiger partial charge in [-0.25, -0.2) is 8.42 Å². The van der Waals surface area contributed by atoms with Gasteiger partial charge in [-0.2, -0.15) is 13.5 Å². The highest BCUT2D eigenvalue weighted by atomic mass is 32.2. The molecule has 0 saturated carbocycles. The van der Waals surface area contributed by atoms with Crippen molar-refractivity contribution in [3.8, 4) is 5.75 Å².